The molecule has 128 valence electrons. The van der Waals surface area contributed by atoms with Gasteiger partial charge in [0.1, 0.15) is 5.75 Å². The number of methoxy groups -OCH3 is 1. The van der Waals surface area contributed by atoms with Crippen LogP contribution in [0, 0.1) is 0 Å². The van der Waals surface area contributed by atoms with Crippen molar-refractivity contribution in [1.82, 2.24) is 14.9 Å². The summed E-state index contributed by atoms with van der Waals surface area (Å²) in [7, 11) is 1.57. The summed E-state index contributed by atoms with van der Waals surface area (Å²) in [4.78, 5) is 12.4. The van der Waals surface area contributed by atoms with Gasteiger partial charge in [0, 0.05) is 17.5 Å². The van der Waals surface area contributed by atoms with Gasteiger partial charge in [-0.3, -0.25) is 4.79 Å². The van der Waals surface area contributed by atoms with Crippen LogP contribution in [0.5, 0.6) is 5.75 Å². The van der Waals surface area contributed by atoms with Crippen LogP contribution < -0.4 is 21.5 Å². The third kappa shape index (κ3) is 4.10. The summed E-state index contributed by atoms with van der Waals surface area (Å²) < 4.78 is 6.16. The van der Waals surface area contributed by atoms with Crippen molar-refractivity contribution in [2.24, 2.45) is 0 Å². The number of nitrogen functional groups attached to an aromatic ring is 1. The van der Waals surface area contributed by atoms with Crippen molar-refractivity contribution < 1.29 is 4.74 Å². The molecule has 3 rings (SSSR count). The van der Waals surface area contributed by atoms with Gasteiger partial charge in [-0.1, -0.05) is 48.2 Å². The van der Waals surface area contributed by atoms with Gasteiger partial charge in [0.05, 0.1) is 7.11 Å². The molecule has 0 aliphatic carbocycles. The number of ether oxygens (including phenoxy) is 1. The van der Waals surface area contributed by atoms with Crippen molar-refractivity contribution in [3.05, 3.63) is 70.5 Å². The van der Waals surface area contributed by atoms with Crippen LogP contribution in [0.4, 0.5) is 11.5 Å². The van der Waals surface area contributed by atoms with Crippen LogP contribution in [0.3, 0.4) is 0 Å². The highest BCUT2D eigenvalue weighted by atomic mass is 32.2. The number of thioether (sulfide) groups is 1. The lowest BCUT2D eigenvalue weighted by Crippen LogP contribution is -2.32. The SMILES string of the molecule is COc1cccc(Nc2nnc(SCc3ccccc3)n(N)c2=O)c1. The van der Waals surface area contributed by atoms with E-state index in [2.05, 4.69) is 15.5 Å². The molecule has 0 bridgehead atoms. The average molecular weight is 355 g/mol. The van der Waals surface area contributed by atoms with Crippen LogP contribution in [-0.4, -0.2) is 22.0 Å². The molecule has 1 aromatic heterocycles. The summed E-state index contributed by atoms with van der Waals surface area (Å²) in [6.07, 6.45) is 0. The molecule has 0 spiro atoms. The maximum atomic E-state index is 12.4. The highest BCUT2D eigenvalue weighted by molar-refractivity contribution is 7.98. The number of anilines is 2. The van der Waals surface area contributed by atoms with Crippen molar-refractivity contribution in [3.63, 3.8) is 0 Å². The minimum Gasteiger partial charge on any atom is -0.497 e. The zero-order chi connectivity index (χ0) is 17.6. The normalized spacial score (nSPS) is 10.4. The number of benzene rings is 2. The number of hydrogen-bond acceptors (Lipinski definition) is 7. The van der Waals surface area contributed by atoms with E-state index in [0.717, 1.165) is 10.2 Å². The maximum Gasteiger partial charge on any atom is 0.315 e. The lowest BCUT2D eigenvalue weighted by molar-refractivity contribution is 0.415. The molecule has 0 radical (unpaired) electrons. The van der Waals surface area contributed by atoms with Crippen LogP contribution in [-0.2, 0) is 5.75 Å². The molecule has 1 heterocycles. The van der Waals surface area contributed by atoms with E-state index in [9.17, 15) is 4.79 Å². The molecule has 0 unspecified atom stereocenters. The summed E-state index contributed by atoms with van der Waals surface area (Å²) in [6.45, 7) is 0. The summed E-state index contributed by atoms with van der Waals surface area (Å²) in [5.41, 5.74) is 1.32. The standard InChI is InChI=1S/C17H17N5O2S/c1-24-14-9-5-8-13(10-14)19-15-16(23)22(18)17(21-20-15)25-11-12-6-3-2-4-7-12/h2-10H,11,18H2,1H3,(H,19,20). The quantitative estimate of drug-likeness (QED) is 0.518. The molecule has 0 atom stereocenters. The highest BCUT2D eigenvalue weighted by Crippen LogP contribution is 2.20. The fraction of sp³-hybridized carbons (Fsp3) is 0.118. The highest BCUT2D eigenvalue weighted by Gasteiger charge is 2.11. The van der Waals surface area contributed by atoms with Crippen LogP contribution >= 0.6 is 11.8 Å². The zero-order valence-electron chi connectivity index (χ0n) is 13.5. The Bertz CT molecular complexity index is 914. The molecule has 8 heteroatoms. The van der Waals surface area contributed by atoms with E-state index in [0.29, 0.717) is 22.3 Å². The Morgan fingerprint density at radius 1 is 1.16 bits per heavy atom. The number of aromatic nitrogens is 3. The van der Waals surface area contributed by atoms with Crippen molar-refractivity contribution in [1.29, 1.82) is 0 Å². The lowest BCUT2D eigenvalue weighted by Gasteiger charge is -2.09. The van der Waals surface area contributed by atoms with Gasteiger partial charge in [0.2, 0.25) is 11.0 Å². The lowest BCUT2D eigenvalue weighted by atomic mass is 10.2. The molecule has 0 saturated heterocycles. The Hall–Kier alpha value is -3.00. The minimum atomic E-state index is -0.451. The van der Waals surface area contributed by atoms with Gasteiger partial charge < -0.3 is 15.9 Å². The second-order valence-corrected chi connectivity index (χ2v) is 6.08. The molecular weight excluding hydrogens is 338 g/mol. The van der Waals surface area contributed by atoms with Crippen LogP contribution in [0.25, 0.3) is 0 Å². The Morgan fingerprint density at radius 3 is 2.72 bits per heavy atom. The molecule has 0 fully saturated rings. The molecule has 0 aliphatic heterocycles. The van der Waals surface area contributed by atoms with E-state index < -0.39 is 5.56 Å². The molecule has 2 aromatic carbocycles. The second kappa shape index (κ2) is 7.71. The molecule has 3 N–H and O–H groups in total. The van der Waals surface area contributed by atoms with Gasteiger partial charge in [-0.25, -0.2) is 0 Å². The van der Waals surface area contributed by atoms with E-state index >= 15 is 0 Å². The third-order valence-corrected chi connectivity index (χ3v) is 4.42. The fourth-order valence-electron chi connectivity index (χ4n) is 2.12. The number of rotatable bonds is 6. The first-order chi connectivity index (χ1) is 12.2. The average Bonchev–Trinajstić information content (AvgIpc) is 2.66. The van der Waals surface area contributed by atoms with Crippen molar-refractivity contribution in [2.75, 3.05) is 18.3 Å². The molecule has 3 aromatic rings. The van der Waals surface area contributed by atoms with Gasteiger partial charge >= 0.3 is 5.56 Å². The Morgan fingerprint density at radius 2 is 1.96 bits per heavy atom. The number of nitrogens with two attached hydrogens (primary N) is 1. The molecule has 7 nitrogen and oxygen atoms in total. The van der Waals surface area contributed by atoms with Crippen molar-refractivity contribution in [2.45, 2.75) is 10.9 Å². The van der Waals surface area contributed by atoms with Crippen molar-refractivity contribution in [3.8, 4) is 5.75 Å². The maximum absolute atomic E-state index is 12.4. The Kier molecular flexibility index (Phi) is 5.20. The predicted molar refractivity (Wildman–Crippen MR) is 98.7 cm³/mol. The van der Waals surface area contributed by atoms with Gasteiger partial charge in [-0.2, -0.15) is 4.68 Å². The second-order valence-electron chi connectivity index (χ2n) is 5.14. The van der Waals surface area contributed by atoms with Gasteiger partial charge in [-0.05, 0) is 17.7 Å². The first-order valence-corrected chi connectivity index (χ1v) is 8.48. The van der Waals surface area contributed by atoms with E-state index in [4.69, 9.17) is 10.6 Å². The minimum absolute atomic E-state index is 0.0554. The van der Waals surface area contributed by atoms with Gasteiger partial charge in [0.15, 0.2) is 0 Å². The largest absolute Gasteiger partial charge is 0.497 e. The Balaban J connectivity index is 1.76. The topological polar surface area (TPSA) is 95.1 Å². The van der Waals surface area contributed by atoms with E-state index in [1.54, 1.807) is 31.4 Å². The smallest absolute Gasteiger partial charge is 0.315 e. The first kappa shape index (κ1) is 16.8. The van der Waals surface area contributed by atoms with Crippen LogP contribution in [0.15, 0.2) is 64.5 Å². The molecule has 0 aliphatic rings. The monoisotopic (exact) mass is 355 g/mol. The zero-order valence-corrected chi connectivity index (χ0v) is 14.4. The fourth-order valence-corrected chi connectivity index (χ4v) is 2.93. The number of nitrogens with one attached hydrogen (secondary N) is 1. The molecule has 0 amide bonds. The molecule has 25 heavy (non-hydrogen) atoms. The number of nitrogens with zero attached hydrogens (tertiary/aromatic N) is 3. The van der Waals surface area contributed by atoms with Crippen LogP contribution in [0.2, 0.25) is 0 Å². The van der Waals surface area contributed by atoms with E-state index in [1.165, 1.54) is 11.8 Å². The predicted octanol–water partition coefficient (Wildman–Crippen LogP) is 2.40. The summed E-state index contributed by atoms with van der Waals surface area (Å²) in [5, 5.41) is 11.3. The van der Waals surface area contributed by atoms with Gasteiger partial charge in [0.25, 0.3) is 0 Å². The molecule has 0 saturated carbocycles. The van der Waals surface area contributed by atoms with Crippen molar-refractivity contribution >= 4 is 23.3 Å². The number of hydrogen-bond donors (Lipinski definition) is 2. The van der Waals surface area contributed by atoms with Crippen LogP contribution in [0.1, 0.15) is 5.56 Å². The first-order valence-electron chi connectivity index (χ1n) is 7.50. The van der Waals surface area contributed by atoms with Gasteiger partial charge in [-0.15, -0.1) is 10.2 Å². The Labute approximate surface area is 148 Å². The van der Waals surface area contributed by atoms with E-state index in [-0.39, 0.29) is 5.82 Å². The van der Waals surface area contributed by atoms with E-state index in [1.807, 2.05) is 30.3 Å². The summed E-state index contributed by atoms with van der Waals surface area (Å²) >= 11 is 1.35. The third-order valence-electron chi connectivity index (χ3n) is 3.41. The summed E-state index contributed by atoms with van der Waals surface area (Å²) in [6, 6.07) is 17.0. The summed E-state index contributed by atoms with van der Waals surface area (Å²) in [5.74, 6) is 7.24. The molecular formula is C17H17N5O2S.